The van der Waals surface area contributed by atoms with Crippen molar-refractivity contribution in [3.63, 3.8) is 0 Å². The van der Waals surface area contributed by atoms with Crippen molar-refractivity contribution in [2.24, 2.45) is 4.99 Å². The molecular formula is C20H25N5O3. The summed E-state index contributed by atoms with van der Waals surface area (Å²) in [6.07, 6.45) is 1.09. The molecule has 4 rings (SSSR count). The van der Waals surface area contributed by atoms with E-state index in [1.807, 2.05) is 42.7 Å². The van der Waals surface area contributed by atoms with E-state index in [1.165, 1.54) is 4.90 Å². The summed E-state index contributed by atoms with van der Waals surface area (Å²) in [6.45, 7) is 6.32. The lowest BCUT2D eigenvalue weighted by Gasteiger charge is -2.40. The molecule has 2 unspecified atom stereocenters. The van der Waals surface area contributed by atoms with Crippen LogP contribution < -0.4 is 4.90 Å². The van der Waals surface area contributed by atoms with Gasteiger partial charge < -0.3 is 10.0 Å². The van der Waals surface area contributed by atoms with Crippen LogP contribution in [0.4, 0.5) is 10.5 Å². The number of carbonyl (C=O) groups is 2. The van der Waals surface area contributed by atoms with Gasteiger partial charge in [0.25, 0.3) is 5.91 Å². The van der Waals surface area contributed by atoms with E-state index < -0.39 is 12.2 Å². The molecule has 0 aliphatic carbocycles. The molecule has 0 saturated carbocycles. The summed E-state index contributed by atoms with van der Waals surface area (Å²) in [4.78, 5) is 37.4. The Bertz CT molecular complexity index is 909. The maximum atomic E-state index is 13.2. The average molecular weight is 383 g/mol. The highest BCUT2D eigenvalue weighted by Gasteiger charge is 2.55. The van der Waals surface area contributed by atoms with Gasteiger partial charge in [0.15, 0.2) is 12.2 Å². The molecule has 1 N–H and O–H groups in total. The molecule has 3 heterocycles. The fourth-order valence-corrected chi connectivity index (χ4v) is 4.08. The monoisotopic (exact) mass is 383 g/mol. The largest absolute Gasteiger partial charge is 0.506 e. The van der Waals surface area contributed by atoms with Crippen molar-refractivity contribution in [2.45, 2.75) is 45.8 Å². The van der Waals surface area contributed by atoms with Gasteiger partial charge in [-0.25, -0.2) is 9.79 Å². The summed E-state index contributed by atoms with van der Waals surface area (Å²) in [7, 11) is 1.69. The number of unbranched alkanes of at least 4 members (excludes halogenated alkanes) is 1. The highest BCUT2D eigenvalue weighted by molar-refractivity contribution is 6.10. The van der Waals surface area contributed by atoms with Gasteiger partial charge in [0, 0.05) is 25.0 Å². The zero-order valence-corrected chi connectivity index (χ0v) is 16.6. The fraction of sp³-hybridized carbons (Fsp3) is 0.450. The number of allylic oxidation sites excluding steroid dienone is 2. The SMILES string of the molecule is CCCCN1C(=O)C2C(N=C3N(c4ccccc4O)C(C)=C(C)N32)N(C)C1=O. The van der Waals surface area contributed by atoms with E-state index in [2.05, 4.69) is 0 Å². The van der Waals surface area contributed by atoms with Crippen LogP contribution in [-0.2, 0) is 4.79 Å². The Balaban J connectivity index is 1.76. The number of benzene rings is 1. The molecule has 0 aromatic heterocycles. The van der Waals surface area contributed by atoms with Gasteiger partial charge in [0.2, 0.25) is 5.96 Å². The normalized spacial score (nSPS) is 24.2. The van der Waals surface area contributed by atoms with Crippen LogP contribution >= 0.6 is 0 Å². The number of para-hydroxylation sites is 2. The summed E-state index contributed by atoms with van der Waals surface area (Å²) in [5, 5.41) is 10.4. The number of hydrogen-bond acceptors (Lipinski definition) is 6. The van der Waals surface area contributed by atoms with Crippen LogP contribution in [0.1, 0.15) is 33.6 Å². The molecule has 3 aliphatic heterocycles. The minimum absolute atomic E-state index is 0.134. The van der Waals surface area contributed by atoms with Crippen LogP contribution in [0.25, 0.3) is 0 Å². The maximum absolute atomic E-state index is 13.2. The number of guanidine groups is 1. The molecule has 0 spiro atoms. The van der Waals surface area contributed by atoms with E-state index in [0.717, 1.165) is 24.2 Å². The molecule has 148 valence electrons. The highest BCUT2D eigenvalue weighted by atomic mass is 16.3. The molecule has 28 heavy (non-hydrogen) atoms. The number of anilines is 1. The number of phenols is 1. The van der Waals surface area contributed by atoms with Crippen molar-refractivity contribution in [1.82, 2.24) is 14.7 Å². The van der Waals surface area contributed by atoms with E-state index in [-0.39, 0.29) is 17.7 Å². The van der Waals surface area contributed by atoms with E-state index in [9.17, 15) is 14.7 Å². The Labute approximate surface area is 164 Å². The van der Waals surface area contributed by atoms with E-state index in [4.69, 9.17) is 4.99 Å². The lowest BCUT2D eigenvalue weighted by Crippen LogP contribution is -2.64. The molecule has 2 atom stereocenters. The molecule has 1 fully saturated rings. The lowest BCUT2D eigenvalue weighted by molar-refractivity contribution is -0.136. The third-order valence-corrected chi connectivity index (χ3v) is 5.75. The number of phenolic OH excluding ortho intramolecular Hbond substituents is 1. The van der Waals surface area contributed by atoms with Gasteiger partial charge in [-0.1, -0.05) is 25.5 Å². The number of likely N-dealkylation sites (N-methyl/N-ethyl adjacent to an activating group) is 1. The third kappa shape index (κ3) is 2.40. The Morgan fingerprint density at radius 2 is 1.86 bits per heavy atom. The van der Waals surface area contributed by atoms with Crippen molar-refractivity contribution >= 4 is 23.6 Å². The maximum Gasteiger partial charge on any atom is 0.328 e. The Kier molecular flexibility index (Phi) is 4.28. The summed E-state index contributed by atoms with van der Waals surface area (Å²) in [5.74, 6) is 0.484. The number of urea groups is 1. The quantitative estimate of drug-likeness (QED) is 0.864. The molecule has 8 heteroatoms. The third-order valence-electron chi connectivity index (χ3n) is 5.75. The fourth-order valence-electron chi connectivity index (χ4n) is 4.08. The van der Waals surface area contributed by atoms with Crippen molar-refractivity contribution in [2.75, 3.05) is 18.5 Å². The van der Waals surface area contributed by atoms with Crippen molar-refractivity contribution in [1.29, 1.82) is 0 Å². The molecule has 1 aromatic carbocycles. The summed E-state index contributed by atoms with van der Waals surface area (Å²) in [6, 6.07) is 6.14. The number of fused-ring (bicyclic) bond motifs is 3. The molecule has 8 nitrogen and oxygen atoms in total. The lowest BCUT2D eigenvalue weighted by atomic mass is 10.1. The summed E-state index contributed by atoms with van der Waals surface area (Å²) >= 11 is 0. The van der Waals surface area contributed by atoms with E-state index in [0.29, 0.717) is 18.2 Å². The number of imide groups is 1. The number of nitrogens with zero attached hydrogens (tertiary/aromatic N) is 5. The molecular weight excluding hydrogens is 358 g/mol. The molecule has 3 amide bonds. The second kappa shape index (κ2) is 6.54. The van der Waals surface area contributed by atoms with Gasteiger partial charge in [-0.2, -0.15) is 0 Å². The predicted molar refractivity (Wildman–Crippen MR) is 106 cm³/mol. The van der Waals surface area contributed by atoms with Gasteiger partial charge in [-0.05, 0) is 32.4 Å². The molecule has 1 aromatic rings. The van der Waals surface area contributed by atoms with Crippen LogP contribution in [0, 0.1) is 0 Å². The first kappa shape index (κ1) is 18.3. The zero-order chi connectivity index (χ0) is 20.2. The van der Waals surface area contributed by atoms with Crippen molar-refractivity contribution in [3.8, 4) is 5.75 Å². The molecule has 3 aliphatic rings. The predicted octanol–water partition coefficient (Wildman–Crippen LogP) is 2.52. The van der Waals surface area contributed by atoms with Crippen LogP contribution in [-0.4, -0.2) is 63.5 Å². The van der Waals surface area contributed by atoms with Gasteiger partial charge in [-0.15, -0.1) is 0 Å². The van der Waals surface area contributed by atoms with Crippen LogP contribution in [0.3, 0.4) is 0 Å². The number of amides is 3. The molecule has 0 bridgehead atoms. The van der Waals surface area contributed by atoms with Gasteiger partial charge in [0.1, 0.15) is 5.75 Å². The second-order valence-corrected chi connectivity index (χ2v) is 7.39. The number of hydrogen-bond donors (Lipinski definition) is 1. The first-order valence-corrected chi connectivity index (χ1v) is 9.59. The first-order chi connectivity index (χ1) is 13.4. The van der Waals surface area contributed by atoms with Crippen LogP contribution in [0.2, 0.25) is 0 Å². The Hall–Kier alpha value is -3.03. The van der Waals surface area contributed by atoms with Crippen LogP contribution in [0.15, 0.2) is 40.7 Å². The van der Waals surface area contributed by atoms with Crippen molar-refractivity contribution < 1.29 is 14.7 Å². The van der Waals surface area contributed by atoms with Gasteiger partial charge in [-0.3, -0.25) is 19.5 Å². The van der Waals surface area contributed by atoms with E-state index >= 15 is 0 Å². The topological polar surface area (TPSA) is 79.7 Å². The smallest absolute Gasteiger partial charge is 0.328 e. The Morgan fingerprint density at radius 1 is 1.14 bits per heavy atom. The minimum atomic E-state index is -0.583. The second-order valence-electron chi connectivity index (χ2n) is 7.39. The van der Waals surface area contributed by atoms with Crippen molar-refractivity contribution in [3.05, 3.63) is 35.7 Å². The number of carbonyl (C=O) groups excluding carboxylic acids is 2. The standard InChI is InChI=1S/C20H25N5O3/c1-5-6-11-23-18(27)16-17(22(4)20(23)28)21-19-24(12(2)13(3)25(16)19)14-9-7-8-10-15(14)26/h7-10,16-17,26H,5-6,11H2,1-4H3. The minimum Gasteiger partial charge on any atom is -0.506 e. The summed E-state index contributed by atoms with van der Waals surface area (Å²) < 4.78 is 0. The van der Waals surface area contributed by atoms with E-state index in [1.54, 1.807) is 24.1 Å². The van der Waals surface area contributed by atoms with Crippen LogP contribution in [0.5, 0.6) is 5.75 Å². The average Bonchev–Trinajstić information content (AvgIpc) is 3.17. The zero-order valence-electron chi connectivity index (χ0n) is 16.6. The summed E-state index contributed by atoms with van der Waals surface area (Å²) in [5.41, 5.74) is 2.38. The van der Waals surface area contributed by atoms with Gasteiger partial charge >= 0.3 is 6.03 Å². The molecule has 1 saturated heterocycles. The number of rotatable bonds is 4. The molecule has 0 radical (unpaired) electrons. The first-order valence-electron chi connectivity index (χ1n) is 9.59. The number of aromatic hydroxyl groups is 1. The Morgan fingerprint density at radius 3 is 2.54 bits per heavy atom. The van der Waals surface area contributed by atoms with Gasteiger partial charge in [0.05, 0.1) is 5.69 Å². The highest BCUT2D eigenvalue weighted by Crippen LogP contribution is 2.42. The number of aliphatic imine (C=N–C) groups is 1.